The highest BCUT2D eigenvalue weighted by atomic mass is 35.5. The van der Waals surface area contributed by atoms with Crippen LogP contribution in [0, 0.1) is 0 Å². The summed E-state index contributed by atoms with van der Waals surface area (Å²) in [4.78, 5) is 7.91. The van der Waals surface area contributed by atoms with Gasteiger partial charge in [-0.25, -0.2) is 4.99 Å². The molecule has 0 bridgehead atoms. The van der Waals surface area contributed by atoms with Crippen LogP contribution in [0.15, 0.2) is 9.98 Å². The molecule has 0 aromatic rings. The first kappa shape index (κ1) is 9.28. The molecule has 4 N–H and O–H groups in total. The number of rotatable bonds is 1. The van der Waals surface area contributed by atoms with E-state index in [-0.39, 0.29) is 6.04 Å². The lowest BCUT2D eigenvalue weighted by Gasteiger charge is -2.25. The van der Waals surface area contributed by atoms with Gasteiger partial charge in [-0.2, -0.15) is 0 Å². The third kappa shape index (κ3) is 2.67. The number of aliphatic imine (C=N–C) groups is 2. The zero-order chi connectivity index (χ0) is 9.19. The third-order valence-electron chi connectivity index (χ3n) is 1.13. The van der Waals surface area contributed by atoms with Gasteiger partial charge in [0.2, 0.25) is 5.96 Å². The number of alkyl halides is 1. The van der Waals surface area contributed by atoms with Gasteiger partial charge in [-0.05, 0) is 13.8 Å². The van der Waals surface area contributed by atoms with E-state index in [0.29, 0.717) is 5.96 Å². The van der Waals surface area contributed by atoms with Crippen molar-refractivity contribution in [2.24, 2.45) is 15.7 Å². The summed E-state index contributed by atoms with van der Waals surface area (Å²) in [5.74, 6) is 0.539. The van der Waals surface area contributed by atoms with Crippen LogP contribution in [0.5, 0.6) is 0 Å². The van der Waals surface area contributed by atoms with Crippen LogP contribution in [-0.2, 0) is 0 Å². The van der Waals surface area contributed by atoms with Crippen LogP contribution < -0.4 is 16.4 Å². The predicted octanol–water partition coefficient (Wildman–Crippen LogP) is -0.219. The van der Waals surface area contributed by atoms with Crippen LogP contribution in [-0.4, -0.2) is 23.6 Å². The fourth-order valence-electron chi connectivity index (χ4n) is 0.750. The van der Waals surface area contributed by atoms with E-state index in [4.69, 9.17) is 17.3 Å². The Kier molecular flexibility index (Phi) is 2.54. The van der Waals surface area contributed by atoms with E-state index in [9.17, 15) is 0 Å². The Labute approximate surface area is 76.1 Å². The van der Waals surface area contributed by atoms with Crippen molar-refractivity contribution in [1.29, 1.82) is 0 Å². The Morgan fingerprint density at radius 2 is 2.42 bits per heavy atom. The van der Waals surface area contributed by atoms with Gasteiger partial charge in [-0.3, -0.25) is 10.7 Å². The predicted molar refractivity (Wildman–Crippen MR) is 50.1 cm³/mol. The van der Waals surface area contributed by atoms with Crippen molar-refractivity contribution in [2.45, 2.75) is 25.1 Å². The monoisotopic (exact) mass is 189 g/mol. The minimum atomic E-state index is -1.26. The number of nitrogens with two attached hydrogens (primary N) is 1. The van der Waals surface area contributed by atoms with Crippen LogP contribution in [0.1, 0.15) is 13.8 Å². The first-order chi connectivity index (χ1) is 5.49. The number of halogens is 1. The molecule has 0 aliphatic carbocycles. The van der Waals surface area contributed by atoms with Crippen molar-refractivity contribution in [1.82, 2.24) is 10.6 Å². The first-order valence-corrected chi connectivity index (χ1v) is 4.01. The van der Waals surface area contributed by atoms with E-state index < -0.39 is 5.25 Å². The van der Waals surface area contributed by atoms with Gasteiger partial charge < -0.3 is 10.6 Å². The second kappa shape index (κ2) is 3.28. The van der Waals surface area contributed by atoms with Gasteiger partial charge in [0.15, 0.2) is 0 Å². The SMILES string of the molecule is CC(C)N=C1NC=NC(N)(Cl)N1. The summed E-state index contributed by atoms with van der Waals surface area (Å²) < 4.78 is 0. The molecule has 1 aliphatic rings. The fourth-order valence-corrected chi connectivity index (χ4v) is 0.888. The molecular weight excluding hydrogens is 178 g/mol. The zero-order valence-electron chi connectivity index (χ0n) is 7.00. The molecule has 5 nitrogen and oxygen atoms in total. The van der Waals surface area contributed by atoms with Crippen molar-refractivity contribution in [2.75, 3.05) is 0 Å². The number of guanidine groups is 1. The molecule has 0 saturated carbocycles. The Morgan fingerprint density at radius 3 is 2.92 bits per heavy atom. The minimum Gasteiger partial charge on any atom is -0.317 e. The molecular formula is C6H12ClN5. The van der Waals surface area contributed by atoms with Gasteiger partial charge in [-0.1, -0.05) is 11.6 Å². The average molecular weight is 190 g/mol. The zero-order valence-corrected chi connectivity index (χ0v) is 7.76. The second-order valence-electron chi connectivity index (χ2n) is 2.77. The third-order valence-corrected chi connectivity index (χ3v) is 1.33. The molecule has 0 aromatic carbocycles. The summed E-state index contributed by atoms with van der Waals surface area (Å²) in [6.45, 7) is 3.91. The van der Waals surface area contributed by atoms with Gasteiger partial charge in [-0.15, -0.1) is 0 Å². The first-order valence-electron chi connectivity index (χ1n) is 3.63. The number of hydrogen-bond donors (Lipinski definition) is 3. The molecule has 0 radical (unpaired) electrons. The summed E-state index contributed by atoms with van der Waals surface area (Å²) in [7, 11) is 0. The van der Waals surface area contributed by atoms with Crippen LogP contribution in [0.3, 0.4) is 0 Å². The number of nitrogens with zero attached hydrogens (tertiary/aromatic N) is 2. The molecule has 1 unspecified atom stereocenters. The number of hydrogen-bond acceptors (Lipinski definition) is 3. The summed E-state index contributed by atoms with van der Waals surface area (Å²) >= 11 is 5.70. The van der Waals surface area contributed by atoms with Crippen molar-refractivity contribution >= 4 is 23.9 Å². The van der Waals surface area contributed by atoms with E-state index in [1.807, 2.05) is 13.8 Å². The topological polar surface area (TPSA) is 74.8 Å². The fraction of sp³-hybridized carbons (Fsp3) is 0.667. The smallest absolute Gasteiger partial charge is 0.266 e. The summed E-state index contributed by atoms with van der Waals surface area (Å²) in [5.41, 5.74) is 5.48. The lowest BCUT2D eigenvalue weighted by molar-refractivity contribution is 0.568. The van der Waals surface area contributed by atoms with Gasteiger partial charge in [0, 0.05) is 6.04 Å². The highest BCUT2D eigenvalue weighted by Crippen LogP contribution is 2.05. The molecule has 0 amide bonds. The maximum Gasteiger partial charge on any atom is 0.266 e. The molecule has 0 spiro atoms. The lowest BCUT2D eigenvalue weighted by Crippen LogP contribution is -2.57. The molecule has 1 rings (SSSR count). The van der Waals surface area contributed by atoms with Gasteiger partial charge in [0.1, 0.15) is 0 Å². The minimum absolute atomic E-state index is 0.180. The van der Waals surface area contributed by atoms with Crippen molar-refractivity contribution < 1.29 is 0 Å². The van der Waals surface area contributed by atoms with Gasteiger partial charge in [0.05, 0.1) is 6.34 Å². The molecule has 12 heavy (non-hydrogen) atoms. The Hall–Kier alpha value is -0.810. The normalized spacial score (nSPS) is 31.9. The quantitative estimate of drug-likeness (QED) is 0.395. The van der Waals surface area contributed by atoms with E-state index in [0.717, 1.165) is 0 Å². The van der Waals surface area contributed by atoms with E-state index >= 15 is 0 Å². The van der Waals surface area contributed by atoms with Gasteiger partial charge >= 0.3 is 0 Å². The summed E-state index contributed by atoms with van der Waals surface area (Å²) in [6.07, 6.45) is 1.42. The molecule has 1 heterocycles. The van der Waals surface area contributed by atoms with Crippen molar-refractivity contribution in [3.05, 3.63) is 0 Å². The van der Waals surface area contributed by atoms with Crippen LogP contribution >= 0.6 is 11.6 Å². The maximum atomic E-state index is 5.70. The number of nitrogens with one attached hydrogen (secondary N) is 2. The van der Waals surface area contributed by atoms with Gasteiger partial charge in [0.25, 0.3) is 5.25 Å². The summed E-state index contributed by atoms with van der Waals surface area (Å²) in [5, 5.41) is 4.23. The molecule has 0 saturated heterocycles. The van der Waals surface area contributed by atoms with Crippen molar-refractivity contribution in [3.8, 4) is 0 Å². The highest BCUT2D eigenvalue weighted by molar-refractivity contribution is 6.25. The van der Waals surface area contributed by atoms with Crippen LogP contribution in [0.4, 0.5) is 0 Å². The molecule has 68 valence electrons. The Bertz CT molecular complexity index is 220. The molecule has 1 atom stereocenters. The molecule has 0 fully saturated rings. The van der Waals surface area contributed by atoms with Crippen molar-refractivity contribution in [3.63, 3.8) is 0 Å². The van der Waals surface area contributed by atoms with Crippen LogP contribution in [0.2, 0.25) is 0 Å². The average Bonchev–Trinajstić information content (AvgIpc) is 1.82. The molecule has 1 aliphatic heterocycles. The maximum absolute atomic E-state index is 5.70. The largest absolute Gasteiger partial charge is 0.317 e. The highest BCUT2D eigenvalue weighted by Gasteiger charge is 2.23. The second-order valence-corrected chi connectivity index (χ2v) is 3.35. The van der Waals surface area contributed by atoms with E-state index in [1.165, 1.54) is 6.34 Å². The Balaban J connectivity index is 2.68. The standard InChI is InChI=1S/C6H12ClN5/c1-4(2)11-5-9-3-10-6(7,8)12-5/h3-4H,8H2,1-2H3,(H2,9,10,11,12). The van der Waals surface area contributed by atoms with E-state index in [2.05, 4.69) is 20.6 Å². The van der Waals surface area contributed by atoms with E-state index in [1.54, 1.807) is 0 Å². The van der Waals surface area contributed by atoms with Crippen LogP contribution in [0.25, 0.3) is 0 Å². The molecule has 0 aromatic heterocycles. The summed E-state index contributed by atoms with van der Waals surface area (Å²) in [6, 6.07) is 0.180. The molecule has 6 heteroatoms. The Morgan fingerprint density at radius 1 is 1.75 bits per heavy atom. The lowest BCUT2D eigenvalue weighted by atomic mass is 10.4.